The summed E-state index contributed by atoms with van der Waals surface area (Å²) in [6, 6.07) is 15.0. The molecule has 1 amide bonds. The van der Waals surface area contributed by atoms with Crippen molar-refractivity contribution in [1.82, 2.24) is 14.9 Å². The second kappa shape index (κ2) is 6.78. The first-order valence-electron chi connectivity index (χ1n) is 7.55. The zero-order chi connectivity index (χ0) is 17.2. The van der Waals surface area contributed by atoms with Crippen LogP contribution in [0.4, 0.5) is 0 Å². The van der Waals surface area contributed by atoms with Crippen LogP contribution in [-0.2, 0) is 11.4 Å². The Hall–Kier alpha value is -2.51. The Kier molecular flexibility index (Phi) is 4.33. The van der Waals surface area contributed by atoms with E-state index in [1.54, 1.807) is 4.68 Å². The predicted molar refractivity (Wildman–Crippen MR) is 96.3 cm³/mol. The molecule has 0 radical (unpaired) electrons. The van der Waals surface area contributed by atoms with Gasteiger partial charge in [0.15, 0.2) is 5.82 Å². The number of carbonyl (C=O) groups excluding carboxylic acids is 1. The van der Waals surface area contributed by atoms with E-state index in [-0.39, 0.29) is 5.91 Å². The number of carbonyl (C=O) groups is 1. The van der Waals surface area contributed by atoms with Crippen LogP contribution in [-0.4, -0.2) is 26.5 Å². The molecule has 2 heterocycles. The first-order valence-corrected chi connectivity index (χ1v) is 8.91. The van der Waals surface area contributed by atoms with Crippen molar-refractivity contribution >= 4 is 29.3 Å². The quantitative estimate of drug-likeness (QED) is 0.760. The molecule has 0 unspecified atom stereocenters. The molecule has 0 spiro atoms. The molecule has 1 aliphatic rings. The van der Waals surface area contributed by atoms with Crippen molar-refractivity contribution in [2.75, 3.05) is 11.2 Å². The SMILES string of the molecule is O=C1CSc2nnc(-c3ccc(OCc4cccc(Cl)c4)cc3)n2N1. The minimum Gasteiger partial charge on any atom is -0.489 e. The molecule has 0 saturated carbocycles. The Morgan fingerprint density at radius 3 is 2.84 bits per heavy atom. The zero-order valence-corrected chi connectivity index (χ0v) is 14.5. The van der Waals surface area contributed by atoms with E-state index in [4.69, 9.17) is 16.3 Å². The number of fused-ring (bicyclic) bond motifs is 1. The third kappa shape index (κ3) is 3.47. The monoisotopic (exact) mass is 372 g/mol. The molecule has 1 N–H and O–H groups in total. The fraction of sp³-hybridized carbons (Fsp3) is 0.118. The van der Waals surface area contributed by atoms with Crippen molar-refractivity contribution in [3.63, 3.8) is 0 Å². The fourth-order valence-corrected chi connectivity index (χ4v) is 3.33. The summed E-state index contributed by atoms with van der Waals surface area (Å²) in [5.74, 6) is 1.62. The van der Waals surface area contributed by atoms with Crippen LogP contribution >= 0.6 is 23.4 Å². The summed E-state index contributed by atoms with van der Waals surface area (Å²) in [5, 5.41) is 9.61. The van der Waals surface area contributed by atoms with Gasteiger partial charge in [0, 0.05) is 10.6 Å². The van der Waals surface area contributed by atoms with E-state index in [1.807, 2.05) is 48.5 Å². The third-order valence-electron chi connectivity index (χ3n) is 3.61. The number of thioether (sulfide) groups is 1. The molecule has 126 valence electrons. The van der Waals surface area contributed by atoms with E-state index in [1.165, 1.54) is 11.8 Å². The molecule has 25 heavy (non-hydrogen) atoms. The number of nitrogens with one attached hydrogen (secondary N) is 1. The van der Waals surface area contributed by atoms with Gasteiger partial charge in [-0.25, -0.2) is 4.68 Å². The van der Waals surface area contributed by atoms with Gasteiger partial charge in [0.05, 0.1) is 5.75 Å². The highest BCUT2D eigenvalue weighted by molar-refractivity contribution is 7.99. The normalized spacial score (nSPS) is 13.2. The summed E-state index contributed by atoms with van der Waals surface area (Å²) in [6.07, 6.45) is 0. The van der Waals surface area contributed by atoms with Crippen molar-refractivity contribution in [3.8, 4) is 17.1 Å². The average Bonchev–Trinajstić information content (AvgIpc) is 3.03. The predicted octanol–water partition coefficient (Wildman–Crippen LogP) is 3.35. The smallest absolute Gasteiger partial charge is 0.249 e. The highest BCUT2D eigenvalue weighted by Gasteiger charge is 2.21. The topological polar surface area (TPSA) is 69.0 Å². The largest absolute Gasteiger partial charge is 0.489 e. The molecule has 0 bridgehead atoms. The van der Waals surface area contributed by atoms with Gasteiger partial charge in [-0.3, -0.25) is 10.2 Å². The van der Waals surface area contributed by atoms with Crippen molar-refractivity contribution in [2.45, 2.75) is 11.8 Å². The van der Waals surface area contributed by atoms with E-state index in [0.717, 1.165) is 16.9 Å². The van der Waals surface area contributed by atoms with Gasteiger partial charge < -0.3 is 4.74 Å². The highest BCUT2D eigenvalue weighted by Crippen LogP contribution is 2.26. The molecule has 4 rings (SSSR count). The van der Waals surface area contributed by atoms with Crippen molar-refractivity contribution < 1.29 is 9.53 Å². The summed E-state index contributed by atoms with van der Waals surface area (Å²) < 4.78 is 7.38. The van der Waals surface area contributed by atoms with Crippen LogP contribution in [0.2, 0.25) is 5.02 Å². The molecule has 2 aromatic carbocycles. The summed E-state index contributed by atoms with van der Waals surface area (Å²) in [5.41, 5.74) is 4.61. The van der Waals surface area contributed by atoms with Gasteiger partial charge >= 0.3 is 0 Å². The van der Waals surface area contributed by atoms with Gasteiger partial charge in [0.1, 0.15) is 12.4 Å². The van der Waals surface area contributed by atoms with Gasteiger partial charge in [-0.2, -0.15) is 0 Å². The van der Waals surface area contributed by atoms with E-state index in [2.05, 4.69) is 15.6 Å². The minimum absolute atomic E-state index is 0.0694. The average molecular weight is 373 g/mol. The molecule has 0 aliphatic carbocycles. The second-order valence-corrected chi connectivity index (χ2v) is 6.79. The maximum absolute atomic E-state index is 11.6. The van der Waals surface area contributed by atoms with Gasteiger partial charge in [-0.1, -0.05) is 35.5 Å². The van der Waals surface area contributed by atoms with Crippen LogP contribution in [0.15, 0.2) is 53.7 Å². The third-order valence-corrected chi connectivity index (χ3v) is 4.77. The molecule has 6 nitrogen and oxygen atoms in total. The Bertz CT molecular complexity index is 927. The standard InChI is InChI=1S/C17H13ClN4O2S/c18-13-3-1-2-11(8-13)9-24-14-6-4-12(5-7-14)16-19-20-17-22(16)21-15(23)10-25-17/h1-8H,9-10H2,(H,21,23). The van der Waals surface area contributed by atoms with Crippen molar-refractivity contribution in [1.29, 1.82) is 0 Å². The molecule has 8 heteroatoms. The Balaban J connectivity index is 1.49. The maximum atomic E-state index is 11.6. The summed E-state index contributed by atoms with van der Waals surface area (Å²) in [6.45, 7) is 0.437. The number of halogens is 1. The summed E-state index contributed by atoms with van der Waals surface area (Å²) in [7, 11) is 0. The van der Waals surface area contributed by atoms with Crippen LogP contribution in [0.5, 0.6) is 5.75 Å². The second-order valence-electron chi connectivity index (χ2n) is 5.41. The van der Waals surface area contributed by atoms with Gasteiger partial charge in [0.2, 0.25) is 11.1 Å². The number of nitrogens with zero attached hydrogens (tertiary/aromatic N) is 3. The highest BCUT2D eigenvalue weighted by atomic mass is 35.5. The molecule has 0 atom stereocenters. The number of benzene rings is 2. The van der Waals surface area contributed by atoms with Crippen LogP contribution in [0.1, 0.15) is 5.56 Å². The van der Waals surface area contributed by atoms with Crippen LogP contribution < -0.4 is 10.2 Å². The van der Waals surface area contributed by atoms with Crippen LogP contribution in [0, 0.1) is 0 Å². The maximum Gasteiger partial charge on any atom is 0.249 e. The molecule has 1 aromatic heterocycles. The van der Waals surface area contributed by atoms with E-state index in [9.17, 15) is 4.79 Å². The molecule has 3 aromatic rings. The first kappa shape index (κ1) is 16.0. The number of ether oxygens (including phenoxy) is 1. The fourth-order valence-electron chi connectivity index (χ4n) is 2.43. The van der Waals surface area contributed by atoms with E-state index < -0.39 is 0 Å². The lowest BCUT2D eigenvalue weighted by molar-refractivity contribution is -0.114. The first-order chi connectivity index (χ1) is 12.2. The molecule has 1 aliphatic heterocycles. The summed E-state index contributed by atoms with van der Waals surface area (Å²) in [4.78, 5) is 11.6. The Morgan fingerprint density at radius 1 is 1.20 bits per heavy atom. The lowest BCUT2D eigenvalue weighted by Crippen LogP contribution is -2.29. The molecule has 0 fully saturated rings. The van der Waals surface area contributed by atoms with E-state index in [0.29, 0.717) is 28.4 Å². The minimum atomic E-state index is -0.0694. The van der Waals surface area contributed by atoms with Gasteiger partial charge in [0.25, 0.3) is 0 Å². The lowest BCUT2D eigenvalue weighted by atomic mass is 10.2. The number of hydrogen-bond donors (Lipinski definition) is 1. The Morgan fingerprint density at radius 2 is 2.04 bits per heavy atom. The van der Waals surface area contributed by atoms with Gasteiger partial charge in [-0.05, 0) is 42.0 Å². The number of aromatic nitrogens is 3. The molecular weight excluding hydrogens is 360 g/mol. The Labute approximate surface area is 153 Å². The lowest BCUT2D eigenvalue weighted by Gasteiger charge is -2.15. The molecule has 0 saturated heterocycles. The summed E-state index contributed by atoms with van der Waals surface area (Å²) >= 11 is 7.33. The number of amides is 1. The number of rotatable bonds is 4. The zero-order valence-electron chi connectivity index (χ0n) is 13.0. The van der Waals surface area contributed by atoms with Crippen molar-refractivity contribution in [2.24, 2.45) is 0 Å². The van der Waals surface area contributed by atoms with Crippen LogP contribution in [0.3, 0.4) is 0 Å². The van der Waals surface area contributed by atoms with Crippen molar-refractivity contribution in [3.05, 3.63) is 59.1 Å². The molecular formula is C17H13ClN4O2S. The van der Waals surface area contributed by atoms with E-state index >= 15 is 0 Å². The van der Waals surface area contributed by atoms with Crippen LogP contribution in [0.25, 0.3) is 11.4 Å². The van der Waals surface area contributed by atoms with Gasteiger partial charge in [-0.15, -0.1) is 10.2 Å². The number of hydrogen-bond acceptors (Lipinski definition) is 5.